The summed E-state index contributed by atoms with van der Waals surface area (Å²) in [7, 11) is 2.21. The first-order chi connectivity index (χ1) is 9.35. The number of hydrogen-bond acceptors (Lipinski definition) is 1. The van der Waals surface area contributed by atoms with E-state index in [4.69, 9.17) is 0 Å². The van der Waals surface area contributed by atoms with Crippen molar-refractivity contribution in [2.45, 2.75) is 90.0 Å². The minimum absolute atomic E-state index is 0.826. The first-order valence-corrected chi connectivity index (χ1v) is 9.02. The smallest absolute Gasteiger partial charge is 0.0121 e. The molecule has 0 bridgehead atoms. The van der Waals surface area contributed by atoms with E-state index in [-0.39, 0.29) is 0 Å². The number of hydrogen-bond donors (Lipinski definition) is 1. The fourth-order valence-electron chi connectivity index (χ4n) is 4.68. The Morgan fingerprint density at radius 1 is 0.895 bits per heavy atom. The molecule has 1 atom stereocenters. The van der Waals surface area contributed by atoms with E-state index in [0.717, 1.165) is 23.8 Å². The van der Waals surface area contributed by atoms with Gasteiger partial charge in [0.1, 0.15) is 0 Å². The predicted molar refractivity (Wildman–Crippen MR) is 84.4 cm³/mol. The summed E-state index contributed by atoms with van der Waals surface area (Å²) in [4.78, 5) is 0. The average molecular weight is 265 g/mol. The van der Waals surface area contributed by atoms with E-state index < -0.39 is 0 Å². The monoisotopic (exact) mass is 265 g/mol. The maximum atomic E-state index is 3.70. The van der Waals surface area contributed by atoms with Crippen LogP contribution in [-0.4, -0.2) is 13.1 Å². The SMILES string of the molecule is CCCCC1CCC(C(NC)C2CCCCC2)CC1. The molecule has 0 aliphatic heterocycles. The zero-order chi connectivity index (χ0) is 13.5. The summed E-state index contributed by atoms with van der Waals surface area (Å²) in [6.45, 7) is 2.33. The highest BCUT2D eigenvalue weighted by Crippen LogP contribution is 2.38. The Hall–Kier alpha value is -0.0400. The molecule has 2 aliphatic rings. The molecule has 112 valence electrons. The summed E-state index contributed by atoms with van der Waals surface area (Å²) in [5.41, 5.74) is 0. The Labute approximate surface area is 120 Å². The number of rotatable bonds is 6. The lowest BCUT2D eigenvalue weighted by molar-refractivity contribution is 0.155. The normalized spacial score (nSPS) is 31.3. The van der Waals surface area contributed by atoms with Crippen molar-refractivity contribution in [3.05, 3.63) is 0 Å². The van der Waals surface area contributed by atoms with Crippen molar-refractivity contribution in [3.8, 4) is 0 Å². The Morgan fingerprint density at radius 2 is 1.53 bits per heavy atom. The van der Waals surface area contributed by atoms with Gasteiger partial charge in [-0.2, -0.15) is 0 Å². The minimum atomic E-state index is 0.826. The van der Waals surface area contributed by atoms with Gasteiger partial charge in [-0.3, -0.25) is 0 Å². The van der Waals surface area contributed by atoms with Crippen LogP contribution < -0.4 is 5.32 Å². The molecule has 1 N–H and O–H groups in total. The molecule has 0 aromatic carbocycles. The Bertz CT molecular complexity index is 224. The number of unbranched alkanes of at least 4 members (excludes halogenated alkanes) is 1. The van der Waals surface area contributed by atoms with Crippen molar-refractivity contribution in [2.75, 3.05) is 7.05 Å². The fourth-order valence-corrected chi connectivity index (χ4v) is 4.68. The highest BCUT2D eigenvalue weighted by atomic mass is 14.9. The molecule has 0 radical (unpaired) electrons. The Morgan fingerprint density at radius 3 is 2.11 bits per heavy atom. The summed E-state index contributed by atoms with van der Waals surface area (Å²) in [5, 5.41) is 3.70. The molecular formula is C18H35N. The highest BCUT2D eigenvalue weighted by molar-refractivity contribution is 4.87. The van der Waals surface area contributed by atoms with Crippen molar-refractivity contribution >= 4 is 0 Å². The molecule has 0 aromatic heterocycles. The Balaban J connectivity index is 1.77. The molecule has 2 fully saturated rings. The second-order valence-electron chi connectivity index (χ2n) is 7.14. The number of nitrogens with one attached hydrogen (secondary N) is 1. The van der Waals surface area contributed by atoms with Crippen molar-refractivity contribution in [1.82, 2.24) is 5.32 Å². The molecule has 1 nitrogen and oxygen atoms in total. The van der Waals surface area contributed by atoms with E-state index in [9.17, 15) is 0 Å². The first-order valence-electron chi connectivity index (χ1n) is 9.02. The van der Waals surface area contributed by atoms with Crippen LogP contribution in [0.2, 0.25) is 0 Å². The summed E-state index contributed by atoms with van der Waals surface area (Å²) in [6, 6.07) is 0.826. The summed E-state index contributed by atoms with van der Waals surface area (Å²) < 4.78 is 0. The molecular weight excluding hydrogens is 230 g/mol. The van der Waals surface area contributed by atoms with Crippen molar-refractivity contribution in [3.63, 3.8) is 0 Å². The van der Waals surface area contributed by atoms with Crippen LogP contribution in [0, 0.1) is 17.8 Å². The summed E-state index contributed by atoms with van der Waals surface area (Å²) >= 11 is 0. The predicted octanol–water partition coefficient (Wildman–Crippen LogP) is 5.15. The van der Waals surface area contributed by atoms with Crippen LogP contribution in [-0.2, 0) is 0 Å². The van der Waals surface area contributed by atoms with Gasteiger partial charge in [-0.05, 0) is 50.5 Å². The van der Waals surface area contributed by atoms with Gasteiger partial charge in [-0.1, -0.05) is 58.3 Å². The molecule has 2 aliphatic carbocycles. The highest BCUT2D eigenvalue weighted by Gasteiger charge is 2.32. The summed E-state index contributed by atoms with van der Waals surface area (Å²) in [5.74, 6) is 3.02. The maximum Gasteiger partial charge on any atom is 0.0121 e. The molecule has 0 saturated heterocycles. The van der Waals surface area contributed by atoms with E-state index in [1.165, 1.54) is 77.0 Å². The van der Waals surface area contributed by atoms with Crippen molar-refractivity contribution in [2.24, 2.45) is 17.8 Å². The zero-order valence-electron chi connectivity index (χ0n) is 13.3. The van der Waals surface area contributed by atoms with Crippen LogP contribution in [0.15, 0.2) is 0 Å². The second kappa shape index (κ2) is 8.29. The quantitative estimate of drug-likeness (QED) is 0.700. The van der Waals surface area contributed by atoms with E-state index in [1.54, 1.807) is 0 Å². The van der Waals surface area contributed by atoms with Crippen molar-refractivity contribution in [1.29, 1.82) is 0 Å². The van der Waals surface area contributed by atoms with Gasteiger partial charge in [0.15, 0.2) is 0 Å². The van der Waals surface area contributed by atoms with E-state index >= 15 is 0 Å². The molecule has 0 heterocycles. The third-order valence-electron chi connectivity index (χ3n) is 5.86. The molecule has 1 unspecified atom stereocenters. The van der Waals surface area contributed by atoms with Crippen LogP contribution in [0.5, 0.6) is 0 Å². The summed E-state index contributed by atoms with van der Waals surface area (Å²) in [6.07, 6.45) is 17.8. The van der Waals surface area contributed by atoms with Gasteiger partial charge in [-0.15, -0.1) is 0 Å². The van der Waals surface area contributed by atoms with E-state index in [0.29, 0.717) is 0 Å². The van der Waals surface area contributed by atoms with Crippen LogP contribution >= 0.6 is 0 Å². The van der Waals surface area contributed by atoms with Gasteiger partial charge in [0.25, 0.3) is 0 Å². The molecule has 0 amide bonds. The minimum Gasteiger partial charge on any atom is -0.316 e. The van der Waals surface area contributed by atoms with Gasteiger partial charge in [-0.25, -0.2) is 0 Å². The van der Waals surface area contributed by atoms with Gasteiger partial charge in [0, 0.05) is 6.04 Å². The molecule has 2 saturated carbocycles. The fraction of sp³-hybridized carbons (Fsp3) is 1.00. The van der Waals surface area contributed by atoms with E-state index in [2.05, 4.69) is 19.3 Å². The zero-order valence-corrected chi connectivity index (χ0v) is 13.3. The van der Waals surface area contributed by atoms with Crippen LogP contribution in [0.3, 0.4) is 0 Å². The third-order valence-corrected chi connectivity index (χ3v) is 5.86. The van der Waals surface area contributed by atoms with Crippen LogP contribution in [0.4, 0.5) is 0 Å². The molecule has 2 rings (SSSR count). The molecule has 0 spiro atoms. The van der Waals surface area contributed by atoms with Crippen LogP contribution in [0.1, 0.15) is 84.0 Å². The van der Waals surface area contributed by atoms with E-state index in [1.807, 2.05) is 0 Å². The standard InChI is InChI=1S/C18H35N/c1-3-4-8-15-11-13-17(14-12-15)18(19-2)16-9-6-5-7-10-16/h15-19H,3-14H2,1-2H3. The van der Waals surface area contributed by atoms with Gasteiger partial charge >= 0.3 is 0 Å². The second-order valence-corrected chi connectivity index (χ2v) is 7.14. The van der Waals surface area contributed by atoms with Crippen molar-refractivity contribution < 1.29 is 0 Å². The Kier molecular flexibility index (Phi) is 6.70. The van der Waals surface area contributed by atoms with Gasteiger partial charge < -0.3 is 5.32 Å². The maximum absolute atomic E-state index is 3.70. The topological polar surface area (TPSA) is 12.0 Å². The van der Waals surface area contributed by atoms with Crippen LogP contribution in [0.25, 0.3) is 0 Å². The first kappa shape index (κ1) is 15.4. The lowest BCUT2D eigenvalue weighted by atomic mass is 9.71. The molecule has 1 heteroatoms. The average Bonchev–Trinajstić information content (AvgIpc) is 2.48. The largest absolute Gasteiger partial charge is 0.316 e. The van der Waals surface area contributed by atoms with Gasteiger partial charge in [0.2, 0.25) is 0 Å². The lowest BCUT2D eigenvalue weighted by Gasteiger charge is -2.39. The molecule has 0 aromatic rings. The third kappa shape index (κ3) is 4.48. The van der Waals surface area contributed by atoms with Gasteiger partial charge in [0.05, 0.1) is 0 Å². The lowest BCUT2D eigenvalue weighted by Crippen LogP contribution is -2.42. The molecule has 19 heavy (non-hydrogen) atoms.